The number of benzene rings is 2. The van der Waals surface area contributed by atoms with Crippen molar-refractivity contribution < 1.29 is 9.53 Å². The summed E-state index contributed by atoms with van der Waals surface area (Å²) in [5.74, 6) is 0. The Morgan fingerprint density at radius 3 is 2.31 bits per heavy atom. The maximum atomic E-state index is 12.5. The van der Waals surface area contributed by atoms with Crippen LogP contribution in [-0.2, 0) is 10.3 Å². The van der Waals surface area contributed by atoms with Gasteiger partial charge in [0.2, 0.25) is 0 Å². The van der Waals surface area contributed by atoms with E-state index in [1.165, 1.54) is 11.2 Å². The monoisotopic (exact) mass is 443 g/mol. The van der Waals surface area contributed by atoms with E-state index >= 15 is 0 Å². The molecular weight excluding hydrogens is 410 g/mol. The molecule has 2 aromatic rings. The molecule has 0 unspecified atom stereocenters. The first-order valence-corrected chi connectivity index (χ1v) is 14.4. The van der Waals surface area contributed by atoms with E-state index in [1.807, 2.05) is 56.3 Å². The van der Waals surface area contributed by atoms with Crippen LogP contribution in [0.1, 0.15) is 32.3 Å². The molecule has 32 heavy (non-hydrogen) atoms. The minimum absolute atomic E-state index is 0.554. The number of amides is 1. The molecule has 0 aromatic heterocycles. The first kappa shape index (κ1) is 23.7. The Labute approximate surface area is 193 Å². The van der Waals surface area contributed by atoms with Crippen molar-refractivity contribution in [3.8, 4) is 11.1 Å². The molecule has 3 rings (SSSR count). The summed E-state index contributed by atoms with van der Waals surface area (Å²) < 4.78 is 5.74. The van der Waals surface area contributed by atoms with Crippen molar-refractivity contribution in [2.45, 2.75) is 51.4 Å². The molecule has 0 bridgehead atoms. The van der Waals surface area contributed by atoms with Gasteiger partial charge in [-0.2, -0.15) is 4.99 Å². The van der Waals surface area contributed by atoms with E-state index in [2.05, 4.69) is 61.1 Å². The van der Waals surface area contributed by atoms with Crippen LogP contribution in [0.2, 0.25) is 19.1 Å². The van der Waals surface area contributed by atoms with Crippen LogP contribution in [0.5, 0.6) is 0 Å². The van der Waals surface area contributed by atoms with Gasteiger partial charge in [-0.25, -0.2) is 4.79 Å². The van der Waals surface area contributed by atoms with Gasteiger partial charge in [0.15, 0.2) is 0 Å². The maximum absolute atomic E-state index is 12.5. The fraction of sp³-hybridized carbons (Fsp3) is 0.286. The van der Waals surface area contributed by atoms with Gasteiger partial charge in [0.1, 0.15) is 5.60 Å². The highest BCUT2D eigenvalue weighted by Crippen LogP contribution is 2.29. The molecule has 3 nitrogen and oxygen atoms in total. The lowest BCUT2D eigenvalue weighted by Crippen LogP contribution is -2.29. The second-order valence-corrected chi connectivity index (χ2v) is 14.2. The van der Waals surface area contributed by atoms with Crippen molar-refractivity contribution in [2.24, 2.45) is 4.99 Å². The van der Waals surface area contributed by atoms with Crippen molar-refractivity contribution in [1.29, 1.82) is 0 Å². The van der Waals surface area contributed by atoms with Crippen molar-refractivity contribution >= 4 is 19.9 Å². The molecule has 0 atom stereocenters. The topological polar surface area (TPSA) is 38.7 Å². The summed E-state index contributed by atoms with van der Waals surface area (Å²) in [7, 11) is -1.47. The van der Waals surface area contributed by atoms with E-state index in [-0.39, 0.29) is 0 Å². The molecule has 0 heterocycles. The fourth-order valence-corrected chi connectivity index (χ4v) is 6.24. The number of nitrogens with zero attached hydrogens (tertiary/aromatic N) is 1. The summed E-state index contributed by atoms with van der Waals surface area (Å²) in [6.45, 7) is 12.4. The van der Waals surface area contributed by atoms with E-state index in [4.69, 9.17) is 4.74 Å². The third kappa shape index (κ3) is 6.04. The highest BCUT2D eigenvalue weighted by atomic mass is 28.3. The number of hydrogen-bond acceptors (Lipinski definition) is 2. The Morgan fingerprint density at radius 1 is 1.06 bits per heavy atom. The Bertz CT molecular complexity index is 1040. The smallest absolute Gasteiger partial charge is 0.434 e. The average molecular weight is 444 g/mol. The molecule has 0 saturated heterocycles. The van der Waals surface area contributed by atoms with Crippen LogP contribution in [0, 0.1) is 0 Å². The summed E-state index contributed by atoms with van der Waals surface area (Å²) in [6, 6.07) is 19.5. The number of allylic oxidation sites excluding steroid dienone is 5. The third-order valence-electron chi connectivity index (χ3n) is 6.01. The molecule has 0 fully saturated rings. The lowest BCUT2D eigenvalue weighted by Gasteiger charge is -2.26. The summed E-state index contributed by atoms with van der Waals surface area (Å²) in [5, 5.41) is 1.41. The predicted molar refractivity (Wildman–Crippen MR) is 138 cm³/mol. The van der Waals surface area contributed by atoms with Crippen LogP contribution in [-0.4, -0.2) is 19.9 Å². The van der Waals surface area contributed by atoms with Crippen LogP contribution >= 0.6 is 0 Å². The molecule has 2 aromatic carbocycles. The highest BCUT2D eigenvalue weighted by molar-refractivity contribution is 6.85. The molecule has 1 aliphatic carbocycles. The van der Waals surface area contributed by atoms with Gasteiger partial charge in [0, 0.05) is 6.42 Å². The largest absolute Gasteiger partial charge is 0.437 e. The minimum atomic E-state index is -1.47. The Balaban J connectivity index is 1.63. The standard InChI is InChI=1S/C28H33NO2Si/c1-6-7-21-32(4,5)26-19-17-25(18-20-26)29-27(30)31-28(2,3)24-15-13-23(14-16-24)22-11-9-8-10-12-22/h6,8-17,19-20H,1,7,18,21H2,2-5H3/b29-25-. The van der Waals surface area contributed by atoms with E-state index in [1.54, 1.807) is 0 Å². The molecule has 0 saturated carbocycles. The summed E-state index contributed by atoms with van der Waals surface area (Å²) in [5.41, 5.74) is 3.19. The van der Waals surface area contributed by atoms with Crippen molar-refractivity contribution in [3.05, 3.63) is 96.2 Å². The molecule has 1 amide bonds. The SMILES string of the molecule is C=CCC[Si](C)(C)C1=CC/C(=N\C(=O)OC(C)(C)c2ccc(-c3ccccc3)cc2)C=C1. The summed E-state index contributed by atoms with van der Waals surface area (Å²) in [6.07, 6.45) is 9.44. The first-order valence-electron chi connectivity index (χ1n) is 11.2. The zero-order valence-corrected chi connectivity index (χ0v) is 20.6. The molecule has 0 aliphatic heterocycles. The van der Waals surface area contributed by atoms with Crippen LogP contribution in [0.15, 0.2) is 95.7 Å². The van der Waals surface area contributed by atoms with Gasteiger partial charge >= 0.3 is 6.09 Å². The van der Waals surface area contributed by atoms with E-state index < -0.39 is 19.8 Å². The van der Waals surface area contributed by atoms with Crippen LogP contribution < -0.4 is 0 Å². The number of aliphatic imine (C=N–C) groups is 1. The highest BCUT2D eigenvalue weighted by Gasteiger charge is 2.27. The minimum Gasteiger partial charge on any atom is -0.437 e. The van der Waals surface area contributed by atoms with Gasteiger partial charge in [0.25, 0.3) is 0 Å². The second kappa shape index (κ2) is 10.1. The zero-order chi connectivity index (χ0) is 23.2. The van der Waals surface area contributed by atoms with Gasteiger partial charge in [-0.05, 0) is 43.0 Å². The average Bonchev–Trinajstić information content (AvgIpc) is 2.78. The fourth-order valence-electron chi connectivity index (χ4n) is 3.84. The summed E-state index contributed by atoms with van der Waals surface area (Å²) in [4.78, 5) is 16.8. The molecule has 0 spiro atoms. The third-order valence-corrected chi connectivity index (χ3v) is 9.48. The number of hydrogen-bond donors (Lipinski definition) is 0. The lowest BCUT2D eigenvalue weighted by atomic mass is 9.95. The van der Waals surface area contributed by atoms with E-state index in [9.17, 15) is 4.79 Å². The molecule has 166 valence electrons. The Kier molecular flexibility index (Phi) is 7.47. The number of carbonyl (C=O) groups is 1. The maximum Gasteiger partial charge on any atom is 0.434 e. The zero-order valence-electron chi connectivity index (χ0n) is 19.6. The van der Waals surface area contributed by atoms with Crippen LogP contribution in [0.4, 0.5) is 4.79 Å². The van der Waals surface area contributed by atoms with Crippen molar-refractivity contribution in [2.75, 3.05) is 0 Å². The molecule has 0 N–H and O–H groups in total. The van der Waals surface area contributed by atoms with Gasteiger partial charge in [-0.3, -0.25) is 0 Å². The van der Waals surface area contributed by atoms with Gasteiger partial charge in [-0.15, -0.1) is 6.58 Å². The Hall–Kier alpha value is -2.98. The molecule has 1 aliphatic rings. The lowest BCUT2D eigenvalue weighted by molar-refractivity contribution is 0.0436. The Morgan fingerprint density at radius 2 is 1.72 bits per heavy atom. The quantitative estimate of drug-likeness (QED) is 0.322. The second-order valence-electron chi connectivity index (χ2n) is 9.33. The first-order chi connectivity index (χ1) is 15.2. The molecule has 0 radical (unpaired) electrons. The number of rotatable bonds is 7. The normalized spacial score (nSPS) is 15.4. The van der Waals surface area contributed by atoms with Crippen LogP contribution in [0.25, 0.3) is 11.1 Å². The van der Waals surface area contributed by atoms with Crippen molar-refractivity contribution in [3.63, 3.8) is 0 Å². The van der Waals surface area contributed by atoms with Crippen LogP contribution in [0.3, 0.4) is 0 Å². The van der Waals surface area contributed by atoms with Gasteiger partial charge < -0.3 is 4.74 Å². The van der Waals surface area contributed by atoms with Gasteiger partial charge in [-0.1, -0.05) is 97.2 Å². The van der Waals surface area contributed by atoms with Crippen molar-refractivity contribution in [1.82, 2.24) is 0 Å². The number of ether oxygens (including phenoxy) is 1. The van der Waals surface area contributed by atoms with Gasteiger partial charge in [0.05, 0.1) is 13.8 Å². The predicted octanol–water partition coefficient (Wildman–Crippen LogP) is 7.88. The summed E-state index contributed by atoms with van der Waals surface area (Å²) >= 11 is 0. The van der Waals surface area contributed by atoms with E-state index in [0.29, 0.717) is 6.42 Å². The number of carbonyl (C=O) groups excluding carboxylic acids is 1. The molecule has 4 heteroatoms. The van der Waals surface area contributed by atoms with E-state index in [0.717, 1.165) is 28.8 Å². The molecular formula is C28H33NO2Si.